The normalized spacial score (nSPS) is 9.78. The molecular formula is C15H12O3. The zero-order chi connectivity index (χ0) is 13.0. The monoisotopic (exact) mass is 240 g/mol. The van der Waals surface area contributed by atoms with Crippen molar-refractivity contribution < 1.29 is 14.3 Å². The Morgan fingerprint density at radius 2 is 1.94 bits per heavy atom. The minimum Gasteiger partial charge on any atom is -0.481 e. The lowest BCUT2D eigenvalue weighted by Crippen LogP contribution is -2.00. The number of methoxy groups -OCH3 is 1. The van der Waals surface area contributed by atoms with Gasteiger partial charge >= 0.3 is 5.97 Å². The van der Waals surface area contributed by atoms with Crippen molar-refractivity contribution >= 4 is 16.7 Å². The van der Waals surface area contributed by atoms with Crippen LogP contribution in [0.4, 0.5) is 0 Å². The third kappa shape index (κ3) is 2.44. The molecule has 2 rings (SSSR count). The third-order valence-electron chi connectivity index (χ3n) is 2.55. The van der Waals surface area contributed by atoms with Crippen molar-refractivity contribution in [3.63, 3.8) is 0 Å². The van der Waals surface area contributed by atoms with Crippen molar-refractivity contribution in [3.05, 3.63) is 42.0 Å². The second-order valence-corrected chi connectivity index (χ2v) is 3.71. The van der Waals surface area contributed by atoms with Crippen LogP contribution in [0.3, 0.4) is 0 Å². The predicted octanol–water partition coefficient (Wildman–Crippen LogP) is 2.64. The summed E-state index contributed by atoms with van der Waals surface area (Å²) in [6.45, 7) is 0.242. The molecule has 18 heavy (non-hydrogen) atoms. The molecule has 0 bridgehead atoms. The maximum Gasteiger partial charge on any atom is 0.337 e. The van der Waals surface area contributed by atoms with Gasteiger partial charge in [-0.15, -0.1) is 6.42 Å². The topological polar surface area (TPSA) is 35.5 Å². The van der Waals surface area contributed by atoms with Gasteiger partial charge in [-0.1, -0.05) is 18.1 Å². The number of carbonyl (C=O) groups is 1. The third-order valence-corrected chi connectivity index (χ3v) is 2.55. The summed E-state index contributed by atoms with van der Waals surface area (Å²) in [5.74, 6) is 2.78. The van der Waals surface area contributed by atoms with Gasteiger partial charge in [0, 0.05) is 0 Å². The van der Waals surface area contributed by atoms with E-state index >= 15 is 0 Å². The lowest BCUT2D eigenvalue weighted by molar-refractivity contribution is 0.0601. The number of ether oxygens (including phenoxy) is 2. The van der Waals surface area contributed by atoms with Crippen LogP contribution < -0.4 is 4.74 Å². The summed E-state index contributed by atoms with van der Waals surface area (Å²) in [6, 6.07) is 10.9. The van der Waals surface area contributed by atoms with Crippen LogP contribution in [0, 0.1) is 12.3 Å². The van der Waals surface area contributed by atoms with E-state index in [-0.39, 0.29) is 12.6 Å². The molecule has 2 aromatic carbocycles. The average Bonchev–Trinajstić information content (AvgIpc) is 2.43. The highest BCUT2D eigenvalue weighted by molar-refractivity contribution is 5.95. The summed E-state index contributed by atoms with van der Waals surface area (Å²) in [6.07, 6.45) is 5.13. The lowest BCUT2D eigenvalue weighted by atomic mass is 10.1. The molecule has 0 amide bonds. The Bertz CT molecular complexity index is 623. The van der Waals surface area contributed by atoms with Gasteiger partial charge in [-0.3, -0.25) is 0 Å². The highest BCUT2D eigenvalue weighted by Crippen LogP contribution is 2.22. The molecule has 0 aliphatic carbocycles. The maximum absolute atomic E-state index is 11.4. The van der Waals surface area contributed by atoms with E-state index in [2.05, 4.69) is 10.7 Å². The molecule has 0 saturated carbocycles. The number of hydrogen-bond acceptors (Lipinski definition) is 3. The molecule has 0 atom stereocenters. The molecule has 0 aromatic heterocycles. The van der Waals surface area contributed by atoms with Gasteiger partial charge in [-0.05, 0) is 35.0 Å². The van der Waals surface area contributed by atoms with Crippen molar-refractivity contribution in [1.82, 2.24) is 0 Å². The van der Waals surface area contributed by atoms with Gasteiger partial charge in [0.1, 0.15) is 12.4 Å². The fourth-order valence-corrected chi connectivity index (χ4v) is 1.68. The Labute approximate surface area is 105 Å². The van der Waals surface area contributed by atoms with Crippen molar-refractivity contribution in [2.75, 3.05) is 13.7 Å². The van der Waals surface area contributed by atoms with E-state index in [1.807, 2.05) is 24.3 Å². The van der Waals surface area contributed by atoms with Crippen LogP contribution in [0.15, 0.2) is 36.4 Å². The summed E-state index contributed by atoms with van der Waals surface area (Å²) in [7, 11) is 1.36. The van der Waals surface area contributed by atoms with Crippen LogP contribution in [0.2, 0.25) is 0 Å². The van der Waals surface area contributed by atoms with Crippen LogP contribution in [-0.4, -0.2) is 19.7 Å². The Balaban J connectivity index is 2.36. The molecule has 90 valence electrons. The number of carbonyl (C=O) groups excluding carboxylic acids is 1. The van der Waals surface area contributed by atoms with Gasteiger partial charge in [0.25, 0.3) is 0 Å². The van der Waals surface area contributed by atoms with Crippen molar-refractivity contribution in [3.8, 4) is 18.1 Å². The number of benzene rings is 2. The van der Waals surface area contributed by atoms with E-state index in [4.69, 9.17) is 11.2 Å². The van der Waals surface area contributed by atoms with Gasteiger partial charge in [-0.25, -0.2) is 4.79 Å². The molecule has 0 N–H and O–H groups in total. The van der Waals surface area contributed by atoms with Crippen molar-refractivity contribution in [2.45, 2.75) is 0 Å². The summed E-state index contributed by atoms with van der Waals surface area (Å²) >= 11 is 0. The fraction of sp³-hybridized carbons (Fsp3) is 0.133. The van der Waals surface area contributed by atoms with E-state index in [9.17, 15) is 4.79 Å². The summed E-state index contributed by atoms with van der Waals surface area (Å²) in [4.78, 5) is 11.4. The van der Waals surface area contributed by atoms with Crippen LogP contribution in [0.25, 0.3) is 10.8 Å². The predicted molar refractivity (Wildman–Crippen MR) is 69.6 cm³/mol. The number of terminal acetylenes is 1. The van der Waals surface area contributed by atoms with E-state index < -0.39 is 0 Å². The zero-order valence-corrected chi connectivity index (χ0v) is 9.97. The molecule has 0 aliphatic rings. The van der Waals surface area contributed by atoms with E-state index in [1.165, 1.54) is 7.11 Å². The smallest absolute Gasteiger partial charge is 0.337 e. The first-order valence-electron chi connectivity index (χ1n) is 5.43. The first kappa shape index (κ1) is 12.0. The summed E-state index contributed by atoms with van der Waals surface area (Å²) in [5, 5.41) is 1.93. The summed E-state index contributed by atoms with van der Waals surface area (Å²) in [5.41, 5.74) is 0.530. The first-order valence-corrected chi connectivity index (χ1v) is 5.43. The average molecular weight is 240 g/mol. The highest BCUT2D eigenvalue weighted by atomic mass is 16.5. The molecule has 3 nitrogen and oxygen atoms in total. The molecule has 2 aromatic rings. The van der Waals surface area contributed by atoms with E-state index in [0.29, 0.717) is 11.3 Å². The Kier molecular flexibility index (Phi) is 3.49. The molecule has 3 heteroatoms. The van der Waals surface area contributed by atoms with Crippen molar-refractivity contribution in [1.29, 1.82) is 0 Å². The molecule has 0 fully saturated rings. The maximum atomic E-state index is 11.4. The Morgan fingerprint density at radius 1 is 1.22 bits per heavy atom. The molecule has 0 unspecified atom stereocenters. The van der Waals surface area contributed by atoms with Gasteiger partial charge in [0.15, 0.2) is 0 Å². The lowest BCUT2D eigenvalue weighted by Gasteiger charge is -2.05. The minimum absolute atomic E-state index is 0.242. The SMILES string of the molecule is C#CCOc1ccc2cc(C(=O)OC)ccc2c1. The highest BCUT2D eigenvalue weighted by Gasteiger charge is 2.06. The second-order valence-electron chi connectivity index (χ2n) is 3.71. The molecular weight excluding hydrogens is 228 g/mol. The molecule has 0 radical (unpaired) electrons. The molecule has 0 heterocycles. The van der Waals surface area contributed by atoms with E-state index in [0.717, 1.165) is 10.8 Å². The number of fused-ring (bicyclic) bond motifs is 1. The van der Waals surface area contributed by atoms with Crippen LogP contribution in [-0.2, 0) is 4.74 Å². The molecule has 0 aliphatic heterocycles. The van der Waals surface area contributed by atoms with Gasteiger partial charge < -0.3 is 9.47 Å². The van der Waals surface area contributed by atoms with Crippen LogP contribution in [0.1, 0.15) is 10.4 Å². The quantitative estimate of drug-likeness (QED) is 0.611. The number of rotatable bonds is 3. The standard InChI is InChI=1S/C15H12O3/c1-3-8-18-14-7-6-11-9-13(15(16)17-2)5-4-12(11)10-14/h1,4-7,9-10H,8H2,2H3. The largest absolute Gasteiger partial charge is 0.481 e. The van der Waals surface area contributed by atoms with Gasteiger partial charge in [-0.2, -0.15) is 0 Å². The molecule has 0 spiro atoms. The minimum atomic E-state index is -0.343. The van der Waals surface area contributed by atoms with Crippen molar-refractivity contribution in [2.24, 2.45) is 0 Å². The number of esters is 1. The zero-order valence-electron chi connectivity index (χ0n) is 9.97. The van der Waals surface area contributed by atoms with Gasteiger partial charge in [0.05, 0.1) is 12.7 Å². The number of hydrogen-bond donors (Lipinski definition) is 0. The first-order chi connectivity index (χ1) is 8.74. The summed E-state index contributed by atoms with van der Waals surface area (Å²) < 4.78 is 10.0. The van der Waals surface area contributed by atoms with Crippen LogP contribution in [0.5, 0.6) is 5.75 Å². The van der Waals surface area contributed by atoms with Crippen LogP contribution >= 0.6 is 0 Å². The molecule has 0 saturated heterocycles. The van der Waals surface area contributed by atoms with E-state index in [1.54, 1.807) is 12.1 Å². The Morgan fingerprint density at radius 3 is 2.67 bits per heavy atom. The fourth-order valence-electron chi connectivity index (χ4n) is 1.68. The second kappa shape index (κ2) is 5.24. The van der Waals surface area contributed by atoms with Gasteiger partial charge in [0.2, 0.25) is 0 Å². The Hall–Kier alpha value is -2.47.